The molecule has 0 saturated carbocycles. The molecule has 5 rings (SSSR count). The van der Waals surface area contributed by atoms with Gasteiger partial charge in [-0.15, -0.1) is 0 Å². The second kappa shape index (κ2) is 9.67. The maximum Gasteiger partial charge on any atom is 0.416 e. The van der Waals surface area contributed by atoms with Crippen LogP contribution in [0.3, 0.4) is 0 Å². The second-order valence-electron chi connectivity index (χ2n) is 9.43. The van der Waals surface area contributed by atoms with E-state index in [2.05, 4.69) is 0 Å². The molecule has 0 heterocycles. The van der Waals surface area contributed by atoms with Crippen molar-refractivity contribution in [3.8, 4) is 22.3 Å². The largest absolute Gasteiger partial charge is 0.416 e. The molecule has 0 spiro atoms. The van der Waals surface area contributed by atoms with Crippen LogP contribution in [-0.2, 0) is 24.7 Å². The van der Waals surface area contributed by atoms with Gasteiger partial charge in [0.2, 0.25) is 0 Å². The van der Waals surface area contributed by atoms with E-state index in [1.54, 1.807) is 0 Å². The Morgan fingerprint density at radius 2 is 0.524 bits per heavy atom. The molecule has 42 heavy (non-hydrogen) atoms. The predicted molar refractivity (Wildman–Crippen MR) is 132 cm³/mol. The summed E-state index contributed by atoms with van der Waals surface area (Å²) in [5, 5.41) is 0.0727. The van der Waals surface area contributed by atoms with E-state index in [0.717, 1.165) is 0 Å². The van der Waals surface area contributed by atoms with Crippen LogP contribution in [0.1, 0.15) is 22.3 Å². The molecule has 0 atom stereocenters. The quantitative estimate of drug-likeness (QED) is 0.139. The summed E-state index contributed by atoms with van der Waals surface area (Å²) in [4.78, 5) is 0. The average Bonchev–Trinajstić information content (AvgIpc) is 2.89. The third-order valence-electron chi connectivity index (χ3n) is 6.68. The normalized spacial score (nSPS) is 13.2. The van der Waals surface area contributed by atoms with Crippen LogP contribution in [0.4, 0.5) is 52.7 Å². The predicted octanol–water partition coefficient (Wildman–Crippen LogP) is 11.4. The molecular weight excluding hydrogens is 588 g/mol. The van der Waals surface area contributed by atoms with Gasteiger partial charge in [-0.3, -0.25) is 0 Å². The third kappa shape index (κ3) is 5.37. The zero-order valence-electron chi connectivity index (χ0n) is 20.6. The molecule has 0 bridgehead atoms. The van der Waals surface area contributed by atoms with Crippen LogP contribution in [0.2, 0.25) is 0 Å². The zero-order chi connectivity index (χ0) is 30.8. The van der Waals surface area contributed by atoms with Gasteiger partial charge in [-0.1, -0.05) is 48.5 Å². The summed E-state index contributed by atoms with van der Waals surface area (Å²) in [5.41, 5.74) is -7.54. The minimum absolute atomic E-state index is 0.0182. The lowest BCUT2D eigenvalue weighted by molar-refractivity contribution is -0.144. The topological polar surface area (TPSA) is 0 Å². The summed E-state index contributed by atoms with van der Waals surface area (Å²) >= 11 is 0. The molecule has 12 heteroatoms. The molecule has 0 aliphatic heterocycles. The van der Waals surface area contributed by atoms with E-state index in [1.165, 1.54) is 48.5 Å². The summed E-state index contributed by atoms with van der Waals surface area (Å²) in [6, 6.07) is 12.9. The highest BCUT2D eigenvalue weighted by Crippen LogP contribution is 2.48. The smallest absolute Gasteiger partial charge is 0.166 e. The molecule has 0 saturated heterocycles. The number of halogens is 12. The van der Waals surface area contributed by atoms with Crippen LogP contribution in [0.15, 0.2) is 84.9 Å². The number of fused-ring (bicyclic) bond motifs is 2. The Morgan fingerprint density at radius 3 is 0.714 bits per heavy atom. The molecule has 0 aliphatic carbocycles. The fraction of sp³-hybridized carbons (Fsp3) is 0.133. The molecule has 0 aliphatic rings. The van der Waals surface area contributed by atoms with Gasteiger partial charge in [0.05, 0.1) is 22.3 Å². The van der Waals surface area contributed by atoms with Crippen molar-refractivity contribution in [2.24, 2.45) is 0 Å². The molecule has 0 nitrogen and oxygen atoms in total. The fourth-order valence-corrected chi connectivity index (χ4v) is 4.95. The summed E-state index contributed by atoms with van der Waals surface area (Å²) in [6.45, 7) is 0. The molecule has 0 unspecified atom stereocenters. The summed E-state index contributed by atoms with van der Waals surface area (Å²) in [5.74, 6) is 0. The first kappa shape index (κ1) is 29.3. The summed E-state index contributed by atoms with van der Waals surface area (Å²) < 4.78 is 164. The Bertz CT molecular complexity index is 1570. The fourth-order valence-electron chi connectivity index (χ4n) is 4.95. The van der Waals surface area contributed by atoms with Gasteiger partial charge in [-0.2, -0.15) is 52.7 Å². The van der Waals surface area contributed by atoms with E-state index < -0.39 is 58.1 Å². The first-order chi connectivity index (χ1) is 19.4. The molecular formula is C30H14F12. The number of rotatable bonds is 2. The van der Waals surface area contributed by atoms with Crippen molar-refractivity contribution < 1.29 is 52.7 Å². The van der Waals surface area contributed by atoms with Gasteiger partial charge < -0.3 is 0 Å². The number of hydrogen-bond donors (Lipinski definition) is 0. The summed E-state index contributed by atoms with van der Waals surface area (Å²) in [7, 11) is 0. The van der Waals surface area contributed by atoms with E-state index in [1.807, 2.05) is 0 Å². The highest BCUT2D eigenvalue weighted by Gasteiger charge is 2.39. The van der Waals surface area contributed by atoms with E-state index >= 15 is 0 Å². The molecule has 5 aromatic rings. The van der Waals surface area contributed by atoms with Crippen molar-refractivity contribution in [3.05, 3.63) is 107 Å². The van der Waals surface area contributed by atoms with E-state index in [4.69, 9.17) is 0 Å². The average molecular weight is 602 g/mol. The Labute approximate surface area is 228 Å². The first-order valence-corrected chi connectivity index (χ1v) is 11.9. The minimum Gasteiger partial charge on any atom is -0.166 e. The molecule has 0 aromatic heterocycles. The van der Waals surface area contributed by atoms with Crippen LogP contribution >= 0.6 is 0 Å². The van der Waals surface area contributed by atoms with Crippen LogP contribution < -0.4 is 0 Å². The first-order valence-electron chi connectivity index (χ1n) is 11.9. The number of alkyl halides is 12. The third-order valence-corrected chi connectivity index (χ3v) is 6.68. The van der Waals surface area contributed by atoms with Gasteiger partial charge in [0.25, 0.3) is 0 Å². The van der Waals surface area contributed by atoms with Crippen LogP contribution in [0, 0.1) is 0 Å². The SMILES string of the molecule is FC(F)(F)c1cc(-c2c3ccccc3c(-c3cc(C(F)(F)F)cc(C(F)(F)F)c3)c3ccccc23)cc(C(F)(F)F)c1. The van der Waals surface area contributed by atoms with Crippen molar-refractivity contribution >= 4 is 21.5 Å². The van der Waals surface area contributed by atoms with Crippen molar-refractivity contribution in [2.45, 2.75) is 24.7 Å². The van der Waals surface area contributed by atoms with Gasteiger partial charge in [0.1, 0.15) is 0 Å². The van der Waals surface area contributed by atoms with E-state index in [-0.39, 0.29) is 44.8 Å². The molecule has 5 aromatic carbocycles. The molecule has 0 N–H and O–H groups in total. The van der Waals surface area contributed by atoms with Gasteiger partial charge in [0.15, 0.2) is 0 Å². The second-order valence-corrected chi connectivity index (χ2v) is 9.43. The van der Waals surface area contributed by atoms with Gasteiger partial charge in [0, 0.05) is 0 Å². The Balaban J connectivity index is 1.95. The maximum atomic E-state index is 13.7. The van der Waals surface area contributed by atoms with E-state index in [9.17, 15) is 52.7 Å². The molecule has 218 valence electrons. The van der Waals surface area contributed by atoms with Crippen molar-refractivity contribution in [3.63, 3.8) is 0 Å². The van der Waals surface area contributed by atoms with Crippen molar-refractivity contribution in [1.29, 1.82) is 0 Å². The van der Waals surface area contributed by atoms with Crippen LogP contribution in [-0.4, -0.2) is 0 Å². The van der Waals surface area contributed by atoms with Crippen LogP contribution in [0.25, 0.3) is 43.8 Å². The monoisotopic (exact) mass is 602 g/mol. The molecule has 0 radical (unpaired) electrons. The van der Waals surface area contributed by atoms with Crippen molar-refractivity contribution in [1.82, 2.24) is 0 Å². The van der Waals surface area contributed by atoms with Crippen LogP contribution in [0.5, 0.6) is 0 Å². The Kier molecular flexibility index (Phi) is 6.74. The Morgan fingerprint density at radius 1 is 0.310 bits per heavy atom. The lowest BCUT2D eigenvalue weighted by Gasteiger charge is -2.21. The van der Waals surface area contributed by atoms with Gasteiger partial charge >= 0.3 is 24.7 Å². The number of benzene rings is 5. The molecule has 0 fully saturated rings. The summed E-state index contributed by atoms with van der Waals surface area (Å²) in [6.07, 6.45) is -20.6. The highest BCUT2D eigenvalue weighted by atomic mass is 19.4. The van der Waals surface area contributed by atoms with Gasteiger partial charge in [-0.25, -0.2) is 0 Å². The standard InChI is InChI=1S/C30H14F12/c31-27(32,33)17-9-15(10-18(13-17)28(34,35)36)25-21-5-1-2-6-22(21)26(24-8-4-3-7-23(24)25)16-11-19(29(37,38)39)14-20(12-16)30(40,41)42/h1-14H. The molecule has 0 amide bonds. The maximum absolute atomic E-state index is 13.7. The van der Waals surface area contributed by atoms with Crippen molar-refractivity contribution in [2.75, 3.05) is 0 Å². The highest BCUT2D eigenvalue weighted by molar-refractivity contribution is 6.21. The minimum atomic E-state index is -5.16. The Hall–Kier alpha value is -4.22. The number of hydrogen-bond acceptors (Lipinski definition) is 0. The zero-order valence-corrected chi connectivity index (χ0v) is 20.6. The lowest BCUT2D eigenvalue weighted by Crippen LogP contribution is -2.11. The van der Waals surface area contributed by atoms with E-state index in [0.29, 0.717) is 24.3 Å². The lowest BCUT2D eigenvalue weighted by atomic mass is 9.84. The van der Waals surface area contributed by atoms with Gasteiger partial charge in [-0.05, 0) is 80.2 Å².